The van der Waals surface area contributed by atoms with E-state index in [4.69, 9.17) is 19.7 Å². The molecule has 5 nitrogen and oxygen atoms in total. The van der Waals surface area contributed by atoms with Crippen LogP contribution in [0.25, 0.3) is 0 Å². The molecule has 3 atom stereocenters. The molecule has 0 aromatic rings. The first-order chi connectivity index (χ1) is 6.13. The van der Waals surface area contributed by atoms with Crippen LogP contribution in [-0.4, -0.2) is 41.3 Å². The normalized spacial score (nSPS) is 34.2. The maximum Gasteiger partial charge on any atom is 0.302 e. The highest BCUT2D eigenvalue weighted by atomic mass is 16.6. The van der Waals surface area contributed by atoms with Gasteiger partial charge in [-0.05, 0) is 6.42 Å². The van der Waals surface area contributed by atoms with E-state index in [9.17, 15) is 4.79 Å². The van der Waals surface area contributed by atoms with Gasteiger partial charge in [0.1, 0.15) is 12.2 Å². The molecule has 0 radical (unpaired) electrons. The largest absolute Gasteiger partial charge is 0.460 e. The molecule has 0 bridgehead atoms. The third-order valence-electron chi connectivity index (χ3n) is 1.94. The van der Waals surface area contributed by atoms with Gasteiger partial charge in [-0.25, -0.2) is 0 Å². The topological polar surface area (TPSA) is 76.0 Å². The molecule has 0 aromatic carbocycles. The smallest absolute Gasteiger partial charge is 0.302 e. The van der Waals surface area contributed by atoms with Crippen LogP contribution in [0.15, 0.2) is 0 Å². The van der Waals surface area contributed by atoms with Gasteiger partial charge in [0.05, 0.1) is 6.61 Å². The number of aliphatic hydroxyl groups excluding tert-OH is 2. The maximum atomic E-state index is 10.6. The predicted octanol–water partition coefficient (Wildman–Crippen LogP) is -0.592. The summed E-state index contributed by atoms with van der Waals surface area (Å²) in [5.41, 5.74) is 0. The molecule has 5 heteroatoms. The molecule has 0 saturated carbocycles. The third-order valence-corrected chi connectivity index (χ3v) is 1.94. The zero-order valence-electron chi connectivity index (χ0n) is 7.47. The molecule has 0 spiro atoms. The van der Waals surface area contributed by atoms with Crippen LogP contribution in [-0.2, 0) is 14.3 Å². The second-order valence-corrected chi connectivity index (χ2v) is 3.04. The highest BCUT2D eigenvalue weighted by molar-refractivity contribution is 5.66. The SMILES string of the molecule is CC(=O)OC1CCC(O)OC1CO. The summed E-state index contributed by atoms with van der Waals surface area (Å²) < 4.78 is 9.89. The van der Waals surface area contributed by atoms with Crippen LogP contribution in [0, 0.1) is 0 Å². The zero-order valence-corrected chi connectivity index (χ0v) is 7.47. The van der Waals surface area contributed by atoms with Crippen molar-refractivity contribution in [3.63, 3.8) is 0 Å². The molecule has 1 saturated heterocycles. The van der Waals surface area contributed by atoms with Gasteiger partial charge in [0.15, 0.2) is 6.29 Å². The quantitative estimate of drug-likeness (QED) is 0.569. The molecule has 76 valence electrons. The summed E-state index contributed by atoms with van der Waals surface area (Å²) in [6, 6.07) is 0. The molecular weight excluding hydrogens is 176 g/mol. The Labute approximate surface area is 76.3 Å². The van der Waals surface area contributed by atoms with E-state index in [1.807, 2.05) is 0 Å². The van der Waals surface area contributed by atoms with Gasteiger partial charge in [-0.15, -0.1) is 0 Å². The highest BCUT2D eigenvalue weighted by Gasteiger charge is 2.31. The van der Waals surface area contributed by atoms with Crippen LogP contribution in [0.3, 0.4) is 0 Å². The second kappa shape index (κ2) is 4.55. The molecule has 1 rings (SSSR count). The van der Waals surface area contributed by atoms with Gasteiger partial charge in [-0.1, -0.05) is 0 Å². The minimum atomic E-state index is -0.857. The van der Waals surface area contributed by atoms with Gasteiger partial charge in [-0.2, -0.15) is 0 Å². The maximum absolute atomic E-state index is 10.6. The minimum absolute atomic E-state index is 0.255. The summed E-state index contributed by atoms with van der Waals surface area (Å²) in [5, 5.41) is 18.0. The zero-order chi connectivity index (χ0) is 9.84. The number of hydrogen-bond acceptors (Lipinski definition) is 5. The van der Waals surface area contributed by atoms with Crippen molar-refractivity contribution in [2.75, 3.05) is 6.61 Å². The van der Waals surface area contributed by atoms with E-state index < -0.39 is 24.5 Å². The Morgan fingerprint density at radius 2 is 2.31 bits per heavy atom. The lowest BCUT2D eigenvalue weighted by molar-refractivity contribution is -0.217. The number of esters is 1. The fourth-order valence-corrected chi connectivity index (χ4v) is 1.36. The Balaban J connectivity index is 2.47. The Bertz CT molecular complexity index is 181. The monoisotopic (exact) mass is 190 g/mol. The number of ether oxygens (including phenoxy) is 2. The van der Waals surface area contributed by atoms with Crippen LogP contribution in [0.4, 0.5) is 0 Å². The molecule has 0 aromatic heterocycles. The summed E-state index contributed by atoms with van der Waals surface area (Å²) in [6.07, 6.45) is -0.956. The van der Waals surface area contributed by atoms with Crippen LogP contribution in [0.5, 0.6) is 0 Å². The molecule has 1 fully saturated rings. The standard InChI is InChI=1S/C8H14O5/c1-5(10)12-6-2-3-8(11)13-7(6)4-9/h6-9,11H,2-4H2,1H3. The van der Waals surface area contributed by atoms with E-state index in [1.165, 1.54) is 6.92 Å². The van der Waals surface area contributed by atoms with Gasteiger partial charge in [0, 0.05) is 13.3 Å². The number of carbonyl (C=O) groups is 1. The van der Waals surface area contributed by atoms with E-state index in [0.29, 0.717) is 12.8 Å². The first kappa shape index (κ1) is 10.4. The Morgan fingerprint density at radius 1 is 1.62 bits per heavy atom. The van der Waals surface area contributed by atoms with Crippen molar-refractivity contribution in [2.24, 2.45) is 0 Å². The van der Waals surface area contributed by atoms with Gasteiger partial charge in [-0.3, -0.25) is 4.79 Å². The number of carbonyl (C=O) groups excluding carboxylic acids is 1. The third kappa shape index (κ3) is 2.95. The molecule has 0 aliphatic carbocycles. The molecule has 1 aliphatic heterocycles. The first-order valence-electron chi connectivity index (χ1n) is 4.25. The molecule has 13 heavy (non-hydrogen) atoms. The molecule has 0 amide bonds. The molecule has 1 aliphatic rings. The van der Waals surface area contributed by atoms with Crippen molar-refractivity contribution in [1.82, 2.24) is 0 Å². The van der Waals surface area contributed by atoms with E-state index in [2.05, 4.69) is 0 Å². The summed E-state index contributed by atoms with van der Waals surface area (Å²) in [7, 11) is 0. The lowest BCUT2D eigenvalue weighted by Crippen LogP contribution is -2.43. The number of hydrogen-bond donors (Lipinski definition) is 2. The Morgan fingerprint density at radius 3 is 2.85 bits per heavy atom. The van der Waals surface area contributed by atoms with Crippen molar-refractivity contribution in [2.45, 2.75) is 38.3 Å². The summed E-state index contributed by atoms with van der Waals surface area (Å²) in [4.78, 5) is 10.6. The van der Waals surface area contributed by atoms with Gasteiger partial charge < -0.3 is 19.7 Å². The highest BCUT2D eigenvalue weighted by Crippen LogP contribution is 2.20. The van der Waals surface area contributed by atoms with Crippen LogP contribution >= 0.6 is 0 Å². The van der Waals surface area contributed by atoms with Gasteiger partial charge >= 0.3 is 5.97 Å². The Kier molecular flexibility index (Phi) is 3.65. The first-order valence-corrected chi connectivity index (χ1v) is 4.25. The molecule has 2 N–H and O–H groups in total. The van der Waals surface area contributed by atoms with E-state index in [1.54, 1.807) is 0 Å². The van der Waals surface area contributed by atoms with Crippen molar-refractivity contribution < 1.29 is 24.5 Å². The average Bonchev–Trinajstić information content (AvgIpc) is 2.07. The predicted molar refractivity (Wildman–Crippen MR) is 42.8 cm³/mol. The summed E-state index contributed by atoms with van der Waals surface area (Å²) in [6.45, 7) is 1.05. The van der Waals surface area contributed by atoms with Crippen molar-refractivity contribution >= 4 is 5.97 Å². The van der Waals surface area contributed by atoms with Gasteiger partial charge in [0.2, 0.25) is 0 Å². The molecular formula is C8H14O5. The van der Waals surface area contributed by atoms with Crippen molar-refractivity contribution in [3.05, 3.63) is 0 Å². The van der Waals surface area contributed by atoms with Crippen LogP contribution in [0.1, 0.15) is 19.8 Å². The van der Waals surface area contributed by atoms with E-state index >= 15 is 0 Å². The molecule has 1 heterocycles. The fraction of sp³-hybridized carbons (Fsp3) is 0.875. The van der Waals surface area contributed by atoms with Gasteiger partial charge in [0.25, 0.3) is 0 Å². The van der Waals surface area contributed by atoms with E-state index in [-0.39, 0.29) is 6.61 Å². The van der Waals surface area contributed by atoms with Crippen molar-refractivity contribution in [3.8, 4) is 0 Å². The average molecular weight is 190 g/mol. The fourth-order valence-electron chi connectivity index (χ4n) is 1.36. The summed E-state index contributed by atoms with van der Waals surface area (Å²) >= 11 is 0. The summed E-state index contributed by atoms with van der Waals surface area (Å²) in [5.74, 6) is -0.400. The number of aliphatic hydroxyl groups is 2. The number of rotatable bonds is 2. The Hall–Kier alpha value is -0.650. The van der Waals surface area contributed by atoms with Crippen LogP contribution in [0.2, 0.25) is 0 Å². The lowest BCUT2D eigenvalue weighted by Gasteiger charge is -2.32. The van der Waals surface area contributed by atoms with Crippen molar-refractivity contribution in [1.29, 1.82) is 0 Å². The molecule has 3 unspecified atom stereocenters. The second-order valence-electron chi connectivity index (χ2n) is 3.04. The van der Waals surface area contributed by atoms with E-state index in [0.717, 1.165) is 0 Å². The lowest BCUT2D eigenvalue weighted by atomic mass is 10.1. The van der Waals surface area contributed by atoms with Crippen LogP contribution < -0.4 is 0 Å². The minimum Gasteiger partial charge on any atom is -0.460 e.